The van der Waals surface area contributed by atoms with Crippen molar-refractivity contribution in [1.82, 2.24) is 9.97 Å². The lowest BCUT2D eigenvalue weighted by atomic mass is 10.1. The molecule has 0 aliphatic carbocycles. The van der Waals surface area contributed by atoms with Gasteiger partial charge in [-0.1, -0.05) is 77.8 Å². The van der Waals surface area contributed by atoms with Gasteiger partial charge in [-0.15, -0.1) is 0 Å². The molecule has 4 rings (SSSR count). The Labute approximate surface area is 156 Å². The van der Waals surface area contributed by atoms with Crippen molar-refractivity contribution in [2.24, 2.45) is 0 Å². The maximum Gasteiger partial charge on any atom is 0.111 e. The van der Waals surface area contributed by atoms with Crippen LogP contribution in [0.25, 0.3) is 22.0 Å². The second kappa shape index (κ2) is 6.55. The Morgan fingerprint density at radius 3 is 2.56 bits per heavy atom. The zero-order chi connectivity index (χ0) is 17.4. The summed E-state index contributed by atoms with van der Waals surface area (Å²) in [6.45, 7) is 2.00. The summed E-state index contributed by atoms with van der Waals surface area (Å²) >= 11 is 12.5. The van der Waals surface area contributed by atoms with Gasteiger partial charge in [0.05, 0.1) is 15.7 Å². The van der Waals surface area contributed by atoms with Gasteiger partial charge in [0.1, 0.15) is 5.82 Å². The fraction of sp³-hybridized carbons (Fsp3) is 0.0952. The summed E-state index contributed by atoms with van der Waals surface area (Å²) in [6.07, 6.45) is 0.740. The van der Waals surface area contributed by atoms with E-state index < -0.39 is 0 Å². The van der Waals surface area contributed by atoms with Gasteiger partial charge in [-0.25, -0.2) is 4.98 Å². The van der Waals surface area contributed by atoms with E-state index in [1.54, 1.807) is 6.07 Å². The van der Waals surface area contributed by atoms with E-state index in [1.165, 1.54) is 16.3 Å². The molecular weight excluding hydrogens is 351 g/mol. The maximum atomic E-state index is 6.35. The van der Waals surface area contributed by atoms with Crippen LogP contribution in [0.1, 0.15) is 17.1 Å². The number of halogens is 2. The summed E-state index contributed by atoms with van der Waals surface area (Å²) in [5.74, 6) is 0.916. The van der Waals surface area contributed by atoms with Gasteiger partial charge in [0.2, 0.25) is 0 Å². The zero-order valence-electron chi connectivity index (χ0n) is 13.7. The maximum absolute atomic E-state index is 6.35. The van der Waals surface area contributed by atoms with Crippen LogP contribution in [0.5, 0.6) is 0 Å². The molecule has 0 bridgehead atoms. The largest absolute Gasteiger partial charge is 0.345 e. The quantitative estimate of drug-likeness (QED) is 0.444. The summed E-state index contributed by atoms with van der Waals surface area (Å²) in [4.78, 5) is 8.13. The van der Waals surface area contributed by atoms with Crippen molar-refractivity contribution in [2.45, 2.75) is 13.3 Å². The highest BCUT2D eigenvalue weighted by molar-refractivity contribution is 6.43. The van der Waals surface area contributed by atoms with Gasteiger partial charge in [0.25, 0.3) is 0 Å². The van der Waals surface area contributed by atoms with Crippen molar-refractivity contribution in [1.29, 1.82) is 0 Å². The predicted molar refractivity (Wildman–Crippen MR) is 106 cm³/mol. The molecule has 0 amide bonds. The molecule has 0 radical (unpaired) electrons. The zero-order valence-corrected chi connectivity index (χ0v) is 15.2. The van der Waals surface area contributed by atoms with E-state index in [0.29, 0.717) is 10.0 Å². The molecule has 1 heterocycles. The summed E-state index contributed by atoms with van der Waals surface area (Å²) in [5, 5.41) is 3.56. The lowest BCUT2D eigenvalue weighted by Crippen LogP contribution is -1.91. The number of rotatable bonds is 3. The Morgan fingerprint density at radius 2 is 1.72 bits per heavy atom. The number of hydrogen-bond donors (Lipinski definition) is 1. The van der Waals surface area contributed by atoms with E-state index in [4.69, 9.17) is 28.2 Å². The number of benzene rings is 3. The molecule has 124 valence electrons. The van der Waals surface area contributed by atoms with Crippen molar-refractivity contribution < 1.29 is 0 Å². The van der Waals surface area contributed by atoms with E-state index in [1.807, 2.05) is 19.1 Å². The molecule has 0 spiro atoms. The number of H-pyrrole nitrogens is 1. The first-order valence-electron chi connectivity index (χ1n) is 8.09. The number of hydrogen-bond acceptors (Lipinski definition) is 1. The smallest absolute Gasteiger partial charge is 0.111 e. The van der Waals surface area contributed by atoms with Crippen molar-refractivity contribution in [3.05, 3.63) is 87.8 Å². The van der Waals surface area contributed by atoms with Crippen LogP contribution in [0.15, 0.2) is 60.7 Å². The van der Waals surface area contributed by atoms with Crippen LogP contribution in [0.2, 0.25) is 10.0 Å². The van der Waals surface area contributed by atoms with Gasteiger partial charge >= 0.3 is 0 Å². The van der Waals surface area contributed by atoms with Crippen molar-refractivity contribution in [3.8, 4) is 11.3 Å². The fourth-order valence-electron chi connectivity index (χ4n) is 3.10. The molecule has 0 aliphatic rings. The molecule has 0 atom stereocenters. The average Bonchev–Trinajstić information content (AvgIpc) is 2.97. The highest BCUT2D eigenvalue weighted by Crippen LogP contribution is 2.34. The van der Waals surface area contributed by atoms with Gasteiger partial charge < -0.3 is 4.98 Å². The summed E-state index contributed by atoms with van der Waals surface area (Å²) < 4.78 is 0. The normalized spacial score (nSPS) is 11.2. The van der Waals surface area contributed by atoms with Crippen LogP contribution < -0.4 is 0 Å². The third kappa shape index (κ3) is 3.15. The summed E-state index contributed by atoms with van der Waals surface area (Å²) in [5.41, 5.74) is 3.91. The molecule has 1 aromatic heterocycles. The monoisotopic (exact) mass is 366 g/mol. The SMILES string of the molecule is Cc1[nH]c(Cc2ccc3ccccc3c2)nc1-c1cccc(Cl)c1Cl. The number of fused-ring (bicyclic) bond motifs is 1. The van der Waals surface area contributed by atoms with Crippen molar-refractivity contribution in [2.75, 3.05) is 0 Å². The lowest BCUT2D eigenvalue weighted by molar-refractivity contribution is 1.02. The Bertz CT molecular complexity index is 1070. The fourth-order valence-corrected chi connectivity index (χ4v) is 3.49. The molecule has 3 aromatic carbocycles. The topological polar surface area (TPSA) is 28.7 Å². The van der Waals surface area contributed by atoms with Gasteiger partial charge in [0, 0.05) is 17.7 Å². The van der Waals surface area contributed by atoms with E-state index in [0.717, 1.165) is 29.2 Å². The third-order valence-electron chi connectivity index (χ3n) is 4.33. The van der Waals surface area contributed by atoms with Gasteiger partial charge in [0.15, 0.2) is 0 Å². The Balaban J connectivity index is 1.68. The number of nitrogens with zero attached hydrogens (tertiary/aromatic N) is 1. The second-order valence-electron chi connectivity index (χ2n) is 6.12. The minimum Gasteiger partial charge on any atom is -0.345 e. The average molecular weight is 367 g/mol. The Kier molecular flexibility index (Phi) is 4.24. The molecule has 0 saturated heterocycles. The lowest BCUT2D eigenvalue weighted by Gasteiger charge is -2.03. The minimum absolute atomic E-state index is 0.538. The first kappa shape index (κ1) is 16.2. The summed E-state index contributed by atoms with van der Waals surface area (Å²) in [7, 11) is 0. The van der Waals surface area contributed by atoms with E-state index in [9.17, 15) is 0 Å². The second-order valence-corrected chi connectivity index (χ2v) is 6.90. The first-order chi connectivity index (χ1) is 12.1. The van der Waals surface area contributed by atoms with Gasteiger partial charge in [-0.05, 0) is 29.3 Å². The standard InChI is InChI=1S/C21H16Cl2N2/c1-13-21(17-7-4-8-18(22)20(17)23)25-19(24-13)12-14-9-10-15-5-2-3-6-16(15)11-14/h2-11H,12H2,1H3,(H,24,25). The molecule has 25 heavy (non-hydrogen) atoms. The molecule has 4 aromatic rings. The predicted octanol–water partition coefficient (Wildman–Crippen LogP) is 6.44. The van der Waals surface area contributed by atoms with Crippen LogP contribution in [-0.2, 0) is 6.42 Å². The van der Waals surface area contributed by atoms with Gasteiger partial charge in [-0.3, -0.25) is 0 Å². The van der Waals surface area contributed by atoms with E-state index >= 15 is 0 Å². The number of nitrogens with one attached hydrogen (secondary N) is 1. The van der Waals surface area contributed by atoms with Crippen LogP contribution in [0.4, 0.5) is 0 Å². The molecule has 0 aliphatic heterocycles. The Morgan fingerprint density at radius 1 is 0.920 bits per heavy atom. The number of imidazole rings is 1. The number of aryl methyl sites for hydroxylation is 1. The highest BCUT2D eigenvalue weighted by atomic mass is 35.5. The molecule has 0 fully saturated rings. The molecule has 2 nitrogen and oxygen atoms in total. The minimum atomic E-state index is 0.538. The Hall–Kier alpha value is -2.29. The van der Waals surface area contributed by atoms with E-state index in [-0.39, 0.29) is 0 Å². The molecule has 0 unspecified atom stereocenters. The van der Waals surface area contributed by atoms with Crippen LogP contribution >= 0.6 is 23.2 Å². The van der Waals surface area contributed by atoms with Crippen LogP contribution in [-0.4, -0.2) is 9.97 Å². The molecular formula is C21H16Cl2N2. The van der Waals surface area contributed by atoms with Crippen LogP contribution in [0.3, 0.4) is 0 Å². The molecule has 1 N–H and O–H groups in total. The molecule has 4 heteroatoms. The number of aromatic nitrogens is 2. The van der Waals surface area contributed by atoms with E-state index in [2.05, 4.69) is 47.4 Å². The van der Waals surface area contributed by atoms with Crippen molar-refractivity contribution >= 4 is 34.0 Å². The van der Waals surface area contributed by atoms with Crippen LogP contribution in [0, 0.1) is 6.92 Å². The highest BCUT2D eigenvalue weighted by Gasteiger charge is 2.14. The summed E-state index contributed by atoms with van der Waals surface area (Å²) in [6, 6.07) is 20.5. The third-order valence-corrected chi connectivity index (χ3v) is 5.14. The van der Waals surface area contributed by atoms with Crippen molar-refractivity contribution in [3.63, 3.8) is 0 Å². The van der Waals surface area contributed by atoms with Gasteiger partial charge in [-0.2, -0.15) is 0 Å². The first-order valence-corrected chi connectivity index (χ1v) is 8.85. The number of aromatic amines is 1. The molecule has 0 saturated carbocycles.